The Morgan fingerprint density at radius 1 is 1.33 bits per heavy atom. The molecule has 0 aliphatic heterocycles. The molecule has 1 saturated carbocycles. The molecule has 1 N–H and O–H groups in total. The summed E-state index contributed by atoms with van der Waals surface area (Å²) in [7, 11) is -3.20. The summed E-state index contributed by atoms with van der Waals surface area (Å²) in [6.07, 6.45) is 6.00. The molecule has 1 atom stereocenters. The van der Waals surface area contributed by atoms with Crippen molar-refractivity contribution in [2.45, 2.75) is 32.1 Å². The fraction of sp³-hybridized carbons (Fsp3) is 0.900. The fourth-order valence-corrected chi connectivity index (χ4v) is 3.34. The minimum atomic E-state index is -3.20. The van der Waals surface area contributed by atoms with Gasteiger partial charge in [-0.3, -0.25) is 4.79 Å². The third-order valence-electron chi connectivity index (χ3n) is 3.02. The minimum absolute atomic E-state index is 0.0472. The Morgan fingerprint density at radius 2 is 1.87 bits per heavy atom. The van der Waals surface area contributed by atoms with Gasteiger partial charge < -0.3 is 5.11 Å². The lowest BCUT2D eigenvalue weighted by Gasteiger charge is -2.26. The van der Waals surface area contributed by atoms with Crippen molar-refractivity contribution >= 4 is 15.8 Å². The van der Waals surface area contributed by atoms with E-state index in [4.69, 9.17) is 5.11 Å². The summed E-state index contributed by atoms with van der Waals surface area (Å²) in [5.74, 6) is -1.84. The number of carbonyl (C=O) groups is 1. The van der Waals surface area contributed by atoms with Gasteiger partial charge in [-0.2, -0.15) is 0 Å². The van der Waals surface area contributed by atoms with Crippen molar-refractivity contribution < 1.29 is 18.3 Å². The van der Waals surface area contributed by atoms with E-state index in [2.05, 4.69) is 0 Å². The molecule has 0 saturated heterocycles. The Labute approximate surface area is 90.6 Å². The molecule has 0 heterocycles. The number of hydrogen-bond acceptors (Lipinski definition) is 3. The zero-order chi connectivity index (χ0) is 11.5. The zero-order valence-electron chi connectivity index (χ0n) is 8.98. The molecule has 0 aromatic rings. The van der Waals surface area contributed by atoms with E-state index in [1.807, 2.05) is 0 Å². The second-order valence-corrected chi connectivity index (χ2v) is 6.62. The zero-order valence-corrected chi connectivity index (χ0v) is 9.79. The first kappa shape index (κ1) is 12.5. The first-order valence-corrected chi connectivity index (χ1v) is 7.37. The smallest absolute Gasteiger partial charge is 0.307 e. The van der Waals surface area contributed by atoms with Crippen molar-refractivity contribution in [3.05, 3.63) is 0 Å². The highest BCUT2D eigenvalue weighted by molar-refractivity contribution is 7.90. The normalized spacial score (nSPS) is 21.1. The van der Waals surface area contributed by atoms with E-state index in [0.29, 0.717) is 0 Å². The van der Waals surface area contributed by atoms with Crippen molar-refractivity contribution in [2.75, 3.05) is 12.0 Å². The van der Waals surface area contributed by atoms with Gasteiger partial charge in [0.25, 0.3) is 0 Å². The number of carboxylic acids is 1. The molecule has 1 aliphatic carbocycles. The Bertz CT molecular complexity index is 314. The maximum Gasteiger partial charge on any atom is 0.307 e. The van der Waals surface area contributed by atoms with Gasteiger partial charge in [0.15, 0.2) is 0 Å². The van der Waals surface area contributed by atoms with Gasteiger partial charge in [0, 0.05) is 6.26 Å². The molecular weight excluding hydrogens is 216 g/mol. The first-order valence-electron chi connectivity index (χ1n) is 5.30. The van der Waals surface area contributed by atoms with Crippen LogP contribution in [0.4, 0.5) is 0 Å². The van der Waals surface area contributed by atoms with Crippen molar-refractivity contribution in [3.63, 3.8) is 0 Å². The van der Waals surface area contributed by atoms with Crippen LogP contribution in [0.5, 0.6) is 0 Å². The molecule has 5 heteroatoms. The summed E-state index contributed by atoms with van der Waals surface area (Å²) >= 11 is 0. The largest absolute Gasteiger partial charge is 0.481 e. The van der Waals surface area contributed by atoms with Gasteiger partial charge in [0.1, 0.15) is 9.84 Å². The van der Waals surface area contributed by atoms with Crippen LogP contribution in [0.1, 0.15) is 32.1 Å². The van der Waals surface area contributed by atoms with Gasteiger partial charge in [-0.25, -0.2) is 8.42 Å². The third-order valence-corrected chi connectivity index (χ3v) is 3.98. The van der Waals surface area contributed by atoms with E-state index < -0.39 is 21.7 Å². The summed E-state index contributed by atoms with van der Waals surface area (Å²) in [6.45, 7) is 0. The average Bonchev–Trinajstić information content (AvgIpc) is 2.14. The average molecular weight is 234 g/mol. The maximum atomic E-state index is 11.1. The first-order chi connectivity index (χ1) is 6.90. The van der Waals surface area contributed by atoms with E-state index in [1.54, 1.807) is 0 Å². The molecule has 4 nitrogen and oxygen atoms in total. The molecule has 1 rings (SSSR count). The summed E-state index contributed by atoms with van der Waals surface area (Å²) in [5, 5.41) is 9.02. The molecule has 1 aliphatic rings. The standard InChI is InChI=1S/C10H18O4S/c1-15(13,14)7-9(10(11)12)8-5-3-2-4-6-8/h8-9H,2-7H2,1H3,(H,11,12). The summed E-state index contributed by atoms with van der Waals surface area (Å²) in [5.41, 5.74) is 0. The molecular formula is C10H18O4S. The highest BCUT2D eigenvalue weighted by Crippen LogP contribution is 2.30. The molecule has 0 amide bonds. The molecule has 15 heavy (non-hydrogen) atoms. The second kappa shape index (κ2) is 4.96. The van der Waals surface area contributed by atoms with E-state index in [0.717, 1.165) is 38.4 Å². The van der Waals surface area contributed by atoms with Gasteiger partial charge in [-0.05, 0) is 18.8 Å². The van der Waals surface area contributed by atoms with E-state index in [1.165, 1.54) is 0 Å². The number of aliphatic carboxylic acids is 1. The minimum Gasteiger partial charge on any atom is -0.481 e. The monoisotopic (exact) mass is 234 g/mol. The van der Waals surface area contributed by atoms with Crippen LogP contribution in [0.2, 0.25) is 0 Å². The lowest BCUT2D eigenvalue weighted by Crippen LogP contribution is -2.31. The number of sulfone groups is 1. The second-order valence-electron chi connectivity index (χ2n) is 4.44. The molecule has 0 aromatic heterocycles. The number of rotatable bonds is 4. The van der Waals surface area contributed by atoms with Crippen LogP contribution < -0.4 is 0 Å². The Morgan fingerprint density at radius 3 is 2.27 bits per heavy atom. The van der Waals surface area contributed by atoms with Crippen LogP contribution in [0, 0.1) is 11.8 Å². The predicted octanol–water partition coefficient (Wildman–Crippen LogP) is 1.31. The molecule has 0 radical (unpaired) electrons. The van der Waals surface area contributed by atoms with Crippen molar-refractivity contribution in [1.29, 1.82) is 0 Å². The summed E-state index contributed by atoms with van der Waals surface area (Å²) in [6, 6.07) is 0. The van der Waals surface area contributed by atoms with Gasteiger partial charge >= 0.3 is 5.97 Å². The van der Waals surface area contributed by atoms with Crippen molar-refractivity contribution in [3.8, 4) is 0 Å². The van der Waals surface area contributed by atoms with E-state index in [-0.39, 0.29) is 11.7 Å². The van der Waals surface area contributed by atoms with Crippen LogP contribution in [0.25, 0.3) is 0 Å². The van der Waals surface area contributed by atoms with Crippen LogP contribution in [-0.4, -0.2) is 31.5 Å². The highest BCUT2D eigenvalue weighted by Gasteiger charge is 2.31. The third kappa shape index (κ3) is 4.20. The fourth-order valence-electron chi connectivity index (χ4n) is 2.27. The lowest BCUT2D eigenvalue weighted by atomic mass is 9.81. The molecule has 88 valence electrons. The van der Waals surface area contributed by atoms with Gasteiger partial charge in [-0.1, -0.05) is 19.3 Å². The van der Waals surface area contributed by atoms with Gasteiger partial charge in [0.05, 0.1) is 11.7 Å². The van der Waals surface area contributed by atoms with Crippen molar-refractivity contribution in [2.24, 2.45) is 11.8 Å². The van der Waals surface area contributed by atoms with Crippen LogP contribution in [0.3, 0.4) is 0 Å². The Hall–Kier alpha value is -0.580. The molecule has 0 aromatic carbocycles. The maximum absolute atomic E-state index is 11.1. The van der Waals surface area contributed by atoms with Crippen LogP contribution in [0.15, 0.2) is 0 Å². The van der Waals surface area contributed by atoms with E-state index >= 15 is 0 Å². The summed E-state index contributed by atoms with van der Waals surface area (Å²) in [4.78, 5) is 11.0. The molecule has 0 bridgehead atoms. The van der Waals surface area contributed by atoms with Crippen LogP contribution >= 0.6 is 0 Å². The quantitative estimate of drug-likeness (QED) is 0.796. The Balaban J connectivity index is 2.68. The predicted molar refractivity (Wildman–Crippen MR) is 57.4 cm³/mol. The number of hydrogen-bond donors (Lipinski definition) is 1. The van der Waals surface area contributed by atoms with Gasteiger partial charge in [-0.15, -0.1) is 0 Å². The van der Waals surface area contributed by atoms with Gasteiger partial charge in [0.2, 0.25) is 0 Å². The molecule has 1 unspecified atom stereocenters. The Kier molecular flexibility index (Phi) is 4.13. The number of carboxylic acid groups (broad SMARTS) is 1. The van der Waals surface area contributed by atoms with Crippen LogP contribution in [-0.2, 0) is 14.6 Å². The molecule has 1 fully saturated rings. The summed E-state index contributed by atoms with van der Waals surface area (Å²) < 4.78 is 22.3. The lowest BCUT2D eigenvalue weighted by molar-refractivity contribution is -0.143. The highest BCUT2D eigenvalue weighted by atomic mass is 32.2. The van der Waals surface area contributed by atoms with E-state index in [9.17, 15) is 13.2 Å². The van der Waals surface area contributed by atoms with Crippen molar-refractivity contribution in [1.82, 2.24) is 0 Å². The molecule has 0 spiro atoms. The topological polar surface area (TPSA) is 71.4 Å². The SMILES string of the molecule is CS(=O)(=O)CC(C(=O)O)C1CCCCC1.